The molecule has 1 rings (SSSR count). The third-order valence-electron chi connectivity index (χ3n) is 7.27. The molecule has 0 fully saturated rings. The number of nitrogens with zero attached hydrogens (tertiary/aromatic N) is 3. The van der Waals surface area contributed by atoms with E-state index >= 15 is 0 Å². The van der Waals surface area contributed by atoms with Gasteiger partial charge < -0.3 is 21.7 Å². The molecule has 0 spiro atoms. The molecule has 44 heavy (non-hydrogen) atoms. The van der Waals surface area contributed by atoms with Crippen molar-refractivity contribution in [1.29, 1.82) is 0 Å². The van der Waals surface area contributed by atoms with Gasteiger partial charge in [-0.3, -0.25) is 9.98 Å². The van der Waals surface area contributed by atoms with E-state index in [2.05, 4.69) is 90.6 Å². The van der Waals surface area contributed by atoms with Gasteiger partial charge in [-0.05, 0) is 108 Å². The Hall–Kier alpha value is -3.29. The molecule has 0 aliphatic carbocycles. The molecule has 7 heteroatoms. The van der Waals surface area contributed by atoms with E-state index in [-0.39, 0.29) is 6.04 Å². The summed E-state index contributed by atoms with van der Waals surface area (Å²) in [7, 11) is 3.35. The van der Waals surface area contributed by atoms with Gasteiger partial charge >= 0.3 is 0 Å². The Morgan fingerprint density at radius 2 is 1.84 bits per heavy atom. The average Bonchev–Trinajstić information content (AvgIpc) is 3.05. The van der Waals surface area contributed by atoms with Gasteiger partial charge in [0, 0.05) is 49.6 Å². The minimum atomic E-state index is -0.836. The number of halogens is 1. The summed E-state index contributed by atoms with van der Waals surface area (Å²) in [6.45, 7) is 16.2. The van der Waals surface area contributed by atoms with Crippen LogP contribution in [-0.4, -0.2) is 61.5 Å². The first-order valence-electron chi connectivity index (χ1n) is 16.2. The number of pyridine rings is 1. The summed E-state index contributed by atoms with van der Waals surface area (Å²) in [6, 6.07) is 3.92. The number of rotatable bonds is 21. The monoisotopic (exact) mass is 608 g/mol. The van der Waals surface area contributed by atoms with Gasteiger partial charge in [-0.25, -0.2) is 4.39 Å². The third-order valence-corrected chi connectivity index (χ3v) is 7.27. The Morgan fingerprint density at radius 3 is 2.41 bits per heavy atom. The molecule has 0 amide bonds. The van der Waals surface area contributed by atoms with Gasteiger partial charge in [-0.2, -0.15) is 0 Å². The summed E-state index contributed by atoms with van der Waals surface area (Å²) in [5.41, 5.74) is 17.4. The fourth-order valence-electron chi connectivity index (χ4n) is 4.70. The van der Waals surface area contributed by atoms with Crippen LogP contribution in [0.15, 0.2) is 95.6 Å². The molecule has 0 saturated carbocycles. The number of allylic oxidation sites excluding steroid dienone is 10. The Balaban J connectivity index is 0.00000904. The molecule has 0 radical (unpaired) electrons. The molecule has 1 aromatic heterocycles. The molecule has 2 atom stereocenters. The van der Waals surface area contributed by atoms with Gasteiger partial charge in [0.1, 0.15) is 6.17 Å². The molecule has 0 bridgehead atoms. The Morgan fingerprint density at radius 1 is 1.14 bits per heavy atom. The minimum absolute atomic E-state index is 0.0471. The second-order valence-corrected chi connectivity index (χ2v) is 10.5. The third kappa shape index (κ3) is 17.7. The fraction of sp³-hybridized carbons (Fsp3) is 0.514. The van der Waals surface area contributed by atoms with Crippen molar-refractivity contribution in [2.45, 2.75) is 91.8 Å². The Bertz CT molecular complexity index is 1080. The number of aliphatic imine (C=N–C) groups is 1. The van der Waals surface area contributed by atoms with E-state index in [1.54, 1.807) is 18.5 Å². The lowest BCUT2D eigenvalue weighted by Gasteiger charge is -2.28. The van der Waals surface area contributed by atoms with Crippen molar-refractivity contribution in [2.75, 3.05) is 33.7 Å². The second kappa shape index (κ2) is 26.1. The maximum absolute atomic E-state index is 14.6. The summed E-state index contributed by atoms with van der Waals surface area (Å²) in [5.74, 6) is 0. The molecule has 0 saturated heterocycles. The number of alkyl halides is 1. The highest BCUT2D eigenvalue weighted by Crippen LogP contribution is 2.18. The maximum atomic E-state index is 14.6. The van der Waals surface area contributed by atoms with Crippen molar-refractivity contribution in [1.82, 2.24) is 15.2 Å². The standard InChI is InChI=1S/C36H56FN5.CH5N/c1-8-15-32(31-20-23-40-24-21-31)27-29(6)41-36(35(38)16-9-2)22-26-42(28-33(37)12-5)25-14-13-17-34(39-7)19-18-30(10-3)11-4;1-2/h8,10,15-16,18-21,23-24,27,33,36,41H,1,9,11-14,17,22,25-26,28,38H2,2-7H3;2H2,1H3/b19-18-,29-27+,30-10+,32-15+,35-16+,39-34?;. The Kier molecular flexibility index (Phi) is 24.2. The average molecular weight is 609 g/mol. The van der Waals surface area contributed by atoms with Gasteiger partial charge in [0.2, 0.25) is 0 Å². The minimum Gasteiger partial charge on any atom is -0.401 e. The zero-order chi connectivity index (χ0) is 33.2. The topological polar surface area (TPSA) is 92.6 Å². The lowest BCUT2D eigenvalue weighted by atomic mass is 10.0. The molecule has 1 heterocycles. The predicted octanol–water partition coefficient (Wildman–Crippen LogP) is 7.93. The number of hydrogen-bond acceptors (Lipinski definition) is 6. The number of unbranched alkanes of at least 4 members (excludes halogenated alkanes) is 1. The summed E-state index contributed by atoms with van der Waals surface area (Å²) in [5, 5.41) is 3.63. The van der Waals surface area contributed by atoms with Crippen LogP contribution in [0.25, 0.3) is 5.57 Å². The van der Waals surface area contributed by atoms with Gasteiger partial charge in [-0.15, -0.1) is 0 Å². The zero-order valence-corrected chi connectivity index (χ0v) is 28.7. The van der Waals surface area contributed by atoms with Gasteiger partial charge in [0.15, 0.2) is 0 Å². The molecule has 6 nitrogen and oxygen atoms in total. The number of nitrogens with two attached hydrogens (primary N) is 2. The number of nitrogens with one attached hydrogen (secondary N) is 1. The molecule has 246 valence electrons. The van der Waals surface area contributed by atoms with E-state index in [0.717, 1.165) is 79.9 Å². The molecule has 1 aromatic rings. The van der Waals surface area contributed by atoms with E-state index < -0.39 is 6.17 Å². The van der Waals surface area contributed by atoms with Crippen LogP contribution >= 0.6 is 0 Å². The van der Waals surface area contributed by atoms with Crippen LogP contribution in [0.4, 0.5) is 4.39 Å². The first-order chi connectivity index (χ1) is 21.3. The maximum Gasteiger partial charge on any atom is 0.112 e. The second-order valence-electron chi connectivity index (χ2n) is 10.5. The first kappa shape index (κ1) is 40.7. The van der Waals surface area contributed by atoms with Crippen molar-refractivity contribution >= 4 is 11.3 Å². The molecule has 5 N–H and O–H groups in total. The van der Waals surface area contributed by atoms with E-state index in [1.165, 1.54) is 12.6 Å². The van der Waals surface area contributed by atoms with Crippen molar-refractivity contribution < 1.29 is 4.39 Å². The smallest absolute Gasteiger partial charge is 0.112 e. The number of hydrogen-bond donors (Lipinski definition) is 3. The first-order valence-corrected chi connectivity index (χ1v) is 16.2. The van der Waals surface area contributed by atoms with Crippen LogP contribution in [0.2, 0.25) is 0 Å². The predicted molar refractivity (Wildman–Crippen MR) is 192 cm³/mol. The zero-order valence-electron chi connectivity index (χ0n) is 28.7. The number of aromatic nitrogens is 1. The van der Waals surface area contributed by atoms with Crippen LogP contribution in [0.5, 0.6) is 0 Å². The summed E-state index contributed by atoms with van der Waals surface area (Å²) < 4.78 is 14.6. The highest BCUT2D eigenvalue weighted by Gasteiger charge is 2.17. The Labute approximate surface area is 268 Å². The van der Waals surface area contributed by atoms with Crippen molar-refractivity contribution in [3.05, 3.63) is 96.2 Å². The summed E-state index contributed by atoms with van der Waals surface area (Å²) in [4.78, 5) is 10.9. The molecule has 0 aromatic carbocycles. The summed E-state index contributed by atoms with van der Waals surface area (Å²) in [6.07, 6.45) is 23.2. The normalized spacial score (nSPS) is 14.8. The van der Waals surface area contributed by atoms with Crippen LogP contribution in [0, 0.1) is 0 Å². The van der Waals surface area contributed by atoms with Crippen LogP contribution in [-0.2, 0) is 0 Å². The van der Waals surface area contributed by atoms with Crippen molar-refractivity contribution in [3.63, 3.8) is 0 Å². The molecular formula is C37H61FN6. The highest BCUT2D eigenvalue weighted by atomic mass is 19.1. The van der Waals surface area contributed by atoms with Gasteiger partial charge in [-0.1, -0.05) is 63.3 Å². The lowest BCUT2D eigenvalue weighted by molar-refractivity contribution is 0.180. The quantitative estimate of drug-likeness (QED) is 0.0749. The molecule has 2 unspecified atom stereocenters. The van der Waals surface area contributed by atoms with Crippen LogP contribution in [0.3, 0.4) is 0 Å². The van der Waals surface area contributed by atoms with Gasteiger partial charge in [0.25, 0.3) is 0 Å². The summed E-state index contributed by atoms with van der Waals surface area (Å²) >= 11 is 0. The van der Waals surface area contributed by atoms with Gasteiger partial charge in [0.05, 0.1) is 6.04 Å². The van der Waals surface area contributed by atoms with Crippen molar-refractivity contribution in [3.8, 4) is 0 Å². The van der Waals surface area contributed by atoms with Crippen molar-refractivity contribution in [2.24, 2.45) is 16.5 Å². The van der Waals surface area contributed by atoms with E-state index in [9.17, 15) is 4.39 Å². The van der Waals surface area contributed by atoms with Crippen LogP contribution < -0.4 is 16.8 Å². The molecular weight excluding hydrogens is 547 g/mol. The SMILES string of the molecule is C=C/C=C(\C=C(/C)NC(CCN(CCCCC(/C=C\C(=C\C)CC)=NC)CC(F)CC)/C(N)=C\CC)c1ccncc1.CN. The molecule has 0 aliphatic rings. The largest absolute Gasteiger partial charge is 0.401 e. The van der Waals surface area contributed by atoms with Crippen LogP contribution in [0.1, 0.15) is 85.1 Å². The van der Waals surface area contributed by atoms with E-state index in [0.29, 0.717) is 13.0 Å². The lowest BCUT2D eigenvalue weighted by Crippen LogP contribution is -2.39. The molecule has 0 aliphatic heterocycles. The van der Waals surface area contributed by atoms with E-state index in [1.807, 2.05) is 32.2 Å². The fourth-order valence-corrected chi connectivity index (χ4v) is 4.70. The highest BCUT2D eigenvalue weighted by molar-refractivity contribution is 5.95. The van der Waals surface area contributed by atoms with E-state index in [4.69, 9.17) is 5.73 Å².